The molecule has 0 bridgehead atoms. The van der Waals surface area contributed by atoms with Gasteiger partial charge >= 0.3 is 0 Å². The van der Waals surface area contributed by atoms with Crippen molar-refractivity contribution >= 4 is 21.7 Å². The first-order valence-electron chi connectivity index (χ1n) is 5.44. The fraction of sp³-hybridized carbons (Fsp3) is 0.455. The van der Waals surface area contributed by atoms with Crippen LogP contribution < -0.4 is 10.6 Å². The molecule has 0 saturated heterocycles. The van der Waals surface area contributed by atoms with Gasteiger partial charge in [0.15, 0.2) is 0 Å². The maximum atomic E-state index is 4.16. The Hall–Kier alpha value is -0.940. The molecule has 0 atom stereocenters. The van der Waals surface area contributed by atoms with Crippen molar-refractivity contribution in [2.75, 3.05) is 25.0 Å². The molecule has 5 heteroatoms. The molecule has 0 unspecified atom stereocenters. The Morgan fingerprint density at radius 2 is 2.44 bits per heavy atom. The molecular weight excluding hydrogens is 268 g/mol. The van der Waals surface area contributed by atoms with Crippen molar-refractivity contribution in [3.8, 4) is 0 Å². The van der Waals surface area contributed by atoms with Gasteiger partial charge in [0.1, 0.15) is 12.1 Å². The largest absolute Gasteiger partial charge is 0.369 e. The standard InChI is InChI=1S/C11H15BrN4/c12-10-7-14-8-16-11(10)15-6-3-9-1-4-13-5-2-9/h1,7-8,13H,2-6H2,(H,14,15,16). The fourth-order valence-electron chi connectivity index (χ4n) is 1.68. The summed E-state index contributed by atoms with van der Waals surface area (Å²) in [5.41, 5.74) is 1.52. The third kappa shape index (κ3) is 3.28. The molecule has 0 fully saturated rings. The van der Waals surface area contributed by atoms with Gasteiger partial charge in [-0.15, -0.1) is 0 Å². The molecule has 0 saturated carbocycles. The van der Waals surface area contributed by atoms with Crippen LogP contribution in [0.2, 0.25) is 0 Å². The minimum atomic E-state index is 0.865. The van der Waals surface area contributed by atoms with E-state index >= 15 is 0 Å². The second-order valence-electron chi connectivity index (χ2n) is 3.71. The zero-order chi connectivity index (χ0) is 11.2. The third-order valence-electron chi connectivity index (χ3n) is 2.56. The normalized spacial score (nSPS) is 15.7. The number of hydrogen-bond donors (Lipinski definition) is 2. The van der Waals surface area contributed by atoms with Crippen molar-refractivity contribution in [2.45, 2.75) is 12.8 Å². The van der Waals surface area contributed by atoms with Gasteiger partial charge in [0.2, 0.25) is 0 Å². The van der Waals surface area contributed by atoms with Crippen molar-refractivity contribution in [3.63, 3.8) is 0 Å². The van der Waals surface area contributed by atoms with Crippen LogP contribution in [0.5, 0.6) is 0 Å². The smallest absolute Gasteiger partial charge is 0.143 e. The zero-order valence-corrected chi connectivity index (χ0v) is 10.6. The summed E-state index contributed by atoms with van der Waals surface area (Å²) in [6.45, 7) is 3.02. The lowest BCUT2D eigenvalue weighted by molar-refractivity contribution is 0.683. The number of rotatable bonds is 4. The molecule has 2 heterocycles. The van der Waals surface area contributed by atoms with Crippen LogP contribution in [0.25, 0.3) is 0 Å². The molecule has 1 aromatic rings. The van der Waals surface area contributed by atoms with E-state index in [0.717, 1.165) is 42.8 Å². The highest BCUT2D eigenvalue weighted by Crippen LogP contribution is 2.17. The molecule has 1 aliphatic rings. The Morgan fingerprint density at radius 1 is 1.50 bits per heavy atom. The van der Waals surface area contributed by atoms with Gasteiger partial charge in [-0.25, -0.2) is 9.97 Å². The number of hydrogen-bond acceptors (Lipinski definition) is 4. The molecule has 0 spiro atoms. The Morgan fingerprint density at radius 3 is 3.19 bits per heavy atom. The van der Waals surface area contributed by atoms with Crippen LogP contribution >= 0.6 is 15.9 Å². The summed E-state index contributed by atoms with van der Waals surface area (Å²) in [5.74, 6) is 0.865. The minimum absolute atomic E-state index is 0.865. The average Bonchev–Trinajstić information content (AvgIpc) is 2.33. The molecule has 0 aliphatic carbocycles. The highest BCUT2D eigenvalue weighted by Gasteiger charge is 2.03. The monoisotopic (exact) mass is 282 g/mol. The number of anilines is 1. The number of nitrogens with one attached hydrogen (secondary N) is 2. The number of aromatic nitrogens is 2. The van der Waals surface area contributed by atoms with Gasteiger partial charge in [-0.2, -0.15) is 0 Å². The molecular formula is C11H15BrN4. The van der Waals surface area contributed by atoms with E-state index in [9.17, 15) is 0 Å². The van der Waals surface area contributed by atoms with Crippen LogP contribution in [0.1, 0.15) is 12.8 Å². The van der Waals surface area contributed by atoms with Crippen LogP contribution in [0.15, 0.2) is 28.6 Å². The van der Waals surface area contributed by atoms with Crippen molar-refractivity contribution in [1.82, 2.24) is 15.3 Å². The number of nitrogens with zero attached hydrogens (tertiary/aromatic N) is 2. The van der Waals surface area contributed by atoms with E-state index in [2.05, 4.69) is 42.6 Å². The van der Waals surface area contributed by atoms with E-state index < -0.39 is 0 Å². The van der Waals surface area contributed by atoms with Crippen molar-refractivity contribution in [2.24, 2.45) is 0 Å². The summed E-state index contributed by atoms with van der Waals surface area (Å²) in [7, 11) is 0. The maximum Gasteiger partial charge on any atom is 0.143 e. The van der Waals surface area contributed by atoms with E-state index in [0.29, 0.717) is 0 Å². The van der Waals surface area contributed by atoms with E-state index in [1.54, 1.807) is 12.5 Å². The number of halogens is 1. The molecule has 16 heavy (non-hydrogen) atoms. The molecule has 2 N–H and O–H groups in total. The second kappa shape index (κ2) is 5.96. The van der Waals surface area contributed by atoms with Crippen LogP contribution in [0.3, 0.4) is 0 Å². The van der Waals surface area contributed by atoms with E-state index in [4.69, 9.17) is 0 Å². The first kappa shape index (κ1) is 11.5. The lowest BCUT2D eigenvalue weighted by Crippen LogP contribution is -2.21. The Bertz CT molecular complexity index is 378. The van der Waals surface area contributed by atoms with Crippen LogP contribution in [-0.2, 0) is 0 Å². The SMILES string of the molecule is Brc1cncnc1NCCC1=CCNCC1. The fourth-order valence-corrected chi connectivity index (χ4v) is 2.04. The summed E-state index contributed by atoms with van der Waals surface area (Å²) in [6, 6.07) is 0. The lowest BCUT2D eigenvalue weighted by atomic mass is 10.1. The van der Waals surface area contributed by atoms with Gasteiger partial charge in [-0.1, -0.05) is 11.6 Å². The predicted octanol–water partition coefficient (Wildman–Crippen LogP) is 1.96. The average molecular weight is 283 g/mol. The highest BCUT2D eigenvalue weighted by molar-refractivity contribution is 9.10. The van der Waals surface area contributed by atoms with Gasteiger partial charge in [0, 0.05) is 19.3 Å². The Labute approximate surface area is 104 Å². The van der Waals surface area contributed by atoms with Gasteiger partial charge in [0.25, 0.3) is 0 Å². The maximum absolute atomic E-state index is 4.16. The third-order valence-corrected chi connectivity index (χ3v) is 3.14. The first-order valence-corrected chi connectivity index (χ1v) is 6.23. The second-order valence-corrected chi connectivity index (χ2v) is 4.57. The molecule has 0 aromatic carbocycles. The summed E-state index contributed by atoms with van der Waals surface area (Å²) in [5, 5.41) is 6.61. The molecule has 86 valence electrons. The molecule has 2 rings (SSSR count). The van der Waals surface area contributed by atoms with Crippen LogP contribution in [0.4, 0.5) is 5.82 Å². The van der Waals surface area contributed by atoms with Gasteiger partial charge < -0.3 is 10.6 Å². The van der Waals surface area contributed by atoms with Crippen molar-refractivity contribution in [3.05, 3.63) is 28.6 Å². The lowest BCUT2D eigenvalue weighted by Gasteiger charge is -2.14. The molecule has 1 aromatic heterocycles. The Kier molecular flexibility index (Phi) is 4.30. The van der Waals surface area contributed by atoms with E-state index in [1.165, 1.54) is 5.57 Å². The molecule has 4 nitrogen and oxygen atoms in total. The van der Waals surface area contributed by atoms with Gasteiger partial charge in [-0.05, 0) is 35.3 Å². The summed E-state index contributed by atoms with van der Waals surface area (Å²) >= 11 is 3.41. The van der Waals surface area contributed by atoms with Gasteiger partial charge in [-0.3, -0.25) is 0 Å². The summed E-state index contributed by atoms with van der Waals surface area (Å²) < 4.78 is 0.911. The van der Waals surface area contributed by atoms with Gasteiger partial charge in [0.05, 0.1) is 4.47 Å². The summed E-state index contributed by atoms with van der Waals surface area (Å²) in [6.07, 6.45) is 7.82. The van der Waals surface area contributed by atoms with Crippen LogP contribution in [0, 0.1) is 0 Å². The quantitative estimate of drug-likeness (QED) is 0.829. The minimum Gasteiger partial charge on any atom is -0.369 e. The van der Waals surface area contributed by atoms with Crippen LogP contribution in [-0.4, -0.2) is 29.6 Å². The first-order chi connectivity index (χ1) is 7.86. The topological polar surface area (TPSA) is 49.8 Å². The van der Waals surface area contributed by atoms with Crippen molar-refractivity contribution < 1.29 is 0 Å². The highest BCUT2D eigenvalue weighted by atomic mass is 79.9. The molecule has 0 radical (unpaired) electrons. The molecule has 0 amide bonds. The Balaban J connectivity index is 1.80. The zero-order valence-electron chi connectivity index (χ0n) is 9.04. The predicted molar refractivity (Wildman–Crippen MR) is 68.4 cm³/mol. The van der Waals surface area contributed by atoms with E-state index in [-0.39, 0.29) is 0 Å². The van der Waals surface area contributed by atoms with Crippen molar-refractivity contribution in [1.29, 1.82) is 0 Å². The molecule has 1 aliphatic heterocycles. The van der Waals surface area contributed by atoms with E-state index in [1.807, 2.05) is 0 Å². The summed E-state index contributed by atoms with van der Waals surface area (Å²) in [4.78, 5) is 8.09.